The first-order chi connectivity index (χ1) is 8.56. The number of hydrogen-bond donors (Lipinski definition) is 1. The van der Waals surface area contributed by atoms with Crippen molar-refractivity contribution in [2.75, 3.05) is 5.32 Å². The van der Waals surface area contributed by atoms with Crippen LogP contribution in [0.3, 0.4) is 0 Å². The predicted octanol–water partition coefficient (Wildman–Crippen LogP) is 5.26. The molecule has 0 amide bonds. The summed E-state index contributed by atoms with van der Waals surface area (Å²) >= 11 is 8.11. The van der Waals surface area contributed by atoms with Crippen molar-refractivity contribution in [3.05, 3.63) is 62.4 Å². The summed E-state index contributed by atoms with van der Waals surface area (Å²) in [5.74, 6) is -0.295. The maximum Gasteiger partial charge on any atom is 0.146 e. The van der Waals surface area contributed by atoms with Crippen molar-refractivity contribution in [3.8, 4) is 0 Å². The lowest BCUT2D eigenvalue weighted by molar-refractivity contribution is 0.627. The van der Waals surface area contributed by atoms with Gasteiger partial charge in [0, 0.05) is 14.6 Å². The van der Waals surface area contributed by atoms with Gasteiger partial charge in [-0.05, 0) is 65.4 Å². The zero-order valence-electron chi connectivity index (χ0n) is 9.75. The third kappa shape index (κ3) is 3.36. The minimum atomic E-state index is -0.295. The van der Waals surface area contributed by atoms with E-state index in [4.69, 9.17) is 11.6 Å². The van der Waals surface area contributed by atoms with Crippen molar-refractivity contribution in [1.29, 1.82) is 0 Å². The Morgan fingerprint density at radius 1 is 1.17 bits per heavy atom. The van der Waals surface area contributed by atoms with Gasteiger partial charge in [-0.1, -0.05) is 23.7 Å². The highest BCUT2D eigenvalue weighted by atomic mass is 127. The summed E-state index contributed by atoms with van der Waals surface area (Å²) < 4.78 is 14.8. The van der Waals surface area contributed by atoms with Crippen molar-refractivity contribution in [2.45, 2.75) is 13.0 Å². The first kappa shape index (κ1) is 13.6. The third-order valence-corrected chi connectivity index (χ3v) is 3.62. The Bertz CT molecular complexity index is 542. The van der Waals surface area contributed by atoms with E-state index in [0.29, 0.717) is 10.7 Å². The van der Waals surface area contributed by atoms with E-state index in [1.54, 1.807) is 6.07 Å². The van der Waals surface area contributed by atoms with Crippen molar-refractivity contribution in [3.63, 3.8) is 0 Å². The Morgan fingerprint density at radius 3 is 2.50 bits per heavy atom. The molecular formula is C14H12ClFIN. The van der Waals surface area contributed by atoms with E-state index in [2.05, 4.69) is 27.9 Å². The van der Waals surface area contributed by atoms with Gasteiger partial charge >= 0.3 is 0 Å². The van der Waals surface area contributed by atoms with Gasteiger partial charge in [-0.15, -0.1) is 0 Å². The van der Waals surface area contributed by atoms with Crippen molar-refractivity contribution < 1.29 is 4.39 Å². The third-order valence-electron chi connectivity index (χ3n) is 2.67. The van der Waals surface area contributed by atoms with Gasteiger partial charge in [-0.3, -0.25) is 0 Å². The van der Waals surface area contributed by atoms with Crippen LogP contribution in [0.1, 0.15) is 18.5 Å². The molecule has 0 spiro atoms. The monoisotopic (exact) mass is 375 g/mol. The molecule has 0 bridgehead atoms. The van der Waals surface area contributed by atoms with Crippen LogP contribution < -0.4 is 5.32 Å². The maximum absolute atomic E-state index is 13.6. The standard InChI is InChI=1S/C14H12ClFIN/c1-9(10-2-5-12(17)6-3-10)18-14-8-11(15)4-7-13(14)16/h2-9,18H,1H3. The number of anilines is 1. The normalized spacial score (nSPS) is 12.2. The molecule has 0 aliphatic heterocycles. The minimum absolute atomic E-state index is 0.0231. The summed E-state index contributed by atoms with van der Waals surface area (Å²) in [4.78, 5) is 0. The van der Waals surface area contributed by atoms with Crippen LogP contribution in [-0.2, 0) is 0 Å². The average Bonchev–Trinajstić information content (AvgIpc) is 2.34. The molecule has 0 aromatic heterocycles. The molecule has 0 heterocycles. The van der Waals surface area contributed by atoms with E-state index >= 15 is 0 Å². The molecule has 18 heavy (non-hydrogen) atoms. The molecule has 0 saturated carbocycles. The fourth-order valence-corrected chi connectivity index (χ4v) is 2.21. The smallest absolute Gasteiger partial charge is 0.146 e. The number of benzene rings is 2. The maximum atomic E-state index is 13.6. The average molecular weight is 376 g/mol. The molecule has 4 heteroatoms. The van der Waals surface area contributed by atoms with Crippen LogP contribution in [0.5, 0.6) is 0 Å². The van der Waals surface area contributed by atoms with Gasteiger partial charge in [0.05, 0.1) is 5.69 Å². The molecule has 0 saturated heterocycles. The van der Waals surface area contributed by atoms with Crippen LogP contribution in [-0.4, -0.2) is 0 Å². The second-order valence-corrected chi connectivity index (χ2v) is 5.72. The van der Waals surface area contributed by atoms with Crippen LogP contribution in [0.4, 0.5) is 10.1 Å². The van der Waals surface area contributed by atoms with Crippen LogP contribution >= 0.6 is 34.2 Å². The number of rotatable bonds is 3. The summed E-state index contributed by atoms with van der Waals surface area (Å²) in [6, 6.07) is 12.6. The highest BCUT2D eigenvalue weighted by molar-refractivity contribution is 14.1. The molecule has 1 atom stereocenters. The molecule has 2 aromatic carbocycles. The summed E-state index contributed by atoms with van der Waals surface area (Å²) in [5, 5.41) is 3.65. The Balaban J connectivity index is 2.18. The zero-order chi connectivity index (χ0) is 13.1. The quantitative estimate of drug-likeness (QED) is 0.722. The molecule has 1 nitrogen and oxygen atoms in total. The van der Waals surface area contributed by atoms with Gasteiger partial charge in [0.2, 0.25) is 0 Å². The van der Waals surface area contributed by atoms with Gasteiger partial charge in [0.1, 0.15) is 5.82 Å². The summed E-state index contributed by atoms with van der Waals surface area (Å²) in [5.41, 5.74) is 1.53. The van der Waals surface area contributed by atoms with Gasteiger partial charge in [-0.2, -0.15) is 0 Å². The molecule has 2 rings (SSSR count). The lowest BCUT2D eigenvalue weighted by Gasteiger charge is -2.16. The van der Waals surface area contributed by atoms with Gasteiger partial charge in [0.15, 0.2) is 0 Å². The van der Waals surface area contributed by atoms with E-state index in [1.165, 1.54) is 15.7 Å². The number of halogens is 3. The molecule has 0 fully saturated rings. The van der Waals surface area contributed by atoms with E-state index in [0.717, 1.165) is 5.56 Å². The Labute approximate surface area is 124 Å². The molecule has 0 aliphatic rings. The molecule has 2 aromatic rings. The lowest BCUT2D eigenvalue weighted by Crippen LogP contribution is -2.07. The highest BCUT2D eigenvalue weighted by Crippen LogP contribution is 2.24. The summed E-state index contributed by atoms with van der Waals surface area (Å²) in [6.07, 6.45) is 0. The van der Waals surface area contributed by atoms with Crippen molar-refractivity contribution in [1.82, 2.24) is 0 Å². The van der Waals surface area contributed by atoms with Crippen LogP contribution in [0.2, 0.25) is 5.02 Å². The Hall–Kier alpha value is -0.810. The van der Waals surface area contributed by atoms with Crippen molar-refractivity contribution in [2.24, 2.45) is 0 Å². The lowest BCUT2D eigenvalue weighted by atomic mass is 10.1. The second-order valence-electron chi connectivity index (χ2n) is 4.04. The van der Waals surface area contributed by atoms with E-state index in [1.807, 2.05) is 31.2 Å². The zero-order valence-corrected chi connectivity index (χ0v) is 12.7. The van der Waals surface area contributed by atoms with Crippen molar-refractivity contribution >= 4 is 39.9 Å². The van der Waals surface area contributed by atoms with E-state index in [9.17, 15) is 4.39 Å². The molecular weight excluding hydrogens is 364 g/mol. The number of nitrogens with one attached hydrogen (secondary N) is 1. The van der Waals surface area contributed by atoms with Gasteiger partial charge in [-0.25, -0.2) is 4.39 Å². The Morgan fingerprint density at radius 2 is 1.83 bits per heavy atom. The van der Waals surface area contributed by atoms with E-state index < -0.39 is 0 Å². The fourth-order valence-electron chi connectivity index (χ4n) is 1.68. The highest BCUT2D eigenvalue weighted by Gasteiger charge is 2.08. The fraction of sp³-hybridized carbons (Fsp3) is 0.143. The topological polar surface area (TPSA) is 12.0 Å². The molecule has 0 radical (unpaired) electrons. The second kappa shape index (κ2) is 5.89. The van der Waals surface area contributed by atoms with Crippen LogP contribution in [0.25, 0.3) is 0 Å². The first-order valence-electron chi connectivity index (χ1n) is 5.53. The van der Waals surface area contributed by atoms with E-state index in [-0.39, 0.29) is 11.9 Å². The largest absolute Gasteiger partial charge is 0.376 e. The Kier molecular flexibility index (Phi) is 4.45. The molecule has 1 N–H and O–H groups in total. The van der Waals surface area contributed by atoms with Crippen LogP contribution in [0, 0.1) is 9.39 Å². The predicted molar refractivity (Wildman–Crippen MR) is 82.6 cm³/mol. The van der Waals surface area contributed by atoms with Gasteiger partial charge < -0.3 is 5.32 Å². The summed E-state index contributed by atoms with van der Waals surface area (Å²) in [6.45, 7) is 1.99. The molecule has 1 unspecified atom stereocenters. The molecule has 94 valence electrons. The summed E-state index contributed by atoms with van der Waals surface area (Å²) in [7, 11) is 0. The SMILES string of the molecule is CC(Nc1cc(Cl)ccc1F)c1ccc(I)cc1. The van der Waals surface area contributed by atoms with Crippen LogP contribution in [0.15, 0.2) is 42.5 Å². The number of hydrogen-bond acceptors (Lipinski definition) is 1. The minimum Gasteiger partial charge on any atom is -0.376 e. The van der Waals surface area contributed by atoms with Gasteiger partial charge in [0.25, 0.3) is 0 Å². The molecule has 0 aliphatic carbocycles. The first-order valence-corrected chi connectivity index (χ1v) is 6.99.